The second-order valence-electron chi connectivity index (χ2n) is 4.60. The van der Waals surface area contributed by atoms with Crippen molar-refractivity contribution in [1.82, 2.24) is 19.9 Å². The van der Waals surface area contributed by atoms with Crippen molar-refractivity contribution in [3.8, 4) is 0 Å². The minimum atomic E-state index is -0.281. The first-order valence-corrected chi connectivity index (χ1v) is 6.04. The lowest BCUT2D eigenvalue weighted by Gasteiger charge is -2.04. The van der Waals surface area contributed by atoms with Gasteiger partial charge in [0.25, 0.3) is 0 Å². The predicted octanol–water partition coefficient (Wildman–Crippen LogP) is 0.941. The molecule has 2 rings (SSSR count). The van der Waals surface area contributed by atoms with Gasteiger partial charge in [-0.25, -0.2) is 9.50 Å². The molecule has 2 heterocycles. The van der Waals surface area contributed by atoms with Crippen molar-refractivity contribution < 1.29 is 9.59 Å². The van der Waals surface area contributed by atoms with Crippen LogP contribution in [0.4, 0.5) is 0 Å². The summed E-state index contributed by atoms with van der Waals surface area (Å²) in [6.07, 6.45) is 1.59. The molecule has 100 valence electrons. The van der Waals surface area contributed by atoms with Crippen LogP contribution in [0.1, 0.15) is 30.3 Å². The van der Waals surface area contributed by atoms with Crippen LogP contribution >= 0.6 is 0 Å². The molecule has 1 N–H and O–H groups in total. The van der Waals surface area contributed by atoms with Gasteiger partial charge < -0.3 is 5.32 Å². The molecule has 0 radical (unpaired) electrons. The highest BCUT2D eigenvalue weighted by atomic mass is 16.2. The first-order valence-electron chi connectivity index (χ1n) is 6.04. The van der Waals surface area contributed by atoms with Gasteiger partial charge in [-0.1, -0.05) is 0 Å². The number of hydrogen-bond acceptors (Lipinski definition) is 4. The fourth-order valence-corrected chi connectivity index (χ4v) is 1.92. The van der Waals surface area contributed by atoms with Gasteiger partial charge in [-0.15, -0.1) is 0 Å². The van der Waals surface area contributed by atoms with Crippen molar-refractivity contribution in [2.75, 3.05) is 0 Å². The Labute approximate surface area is 110 Å². The number of carbonyl (C=O) groups excluding carboxylic acids is 2. The van der Waals surface area contributed by atoms with Gasteiger partial charge in [0.2, 0.25) is 5.91 Å². The Hall–Kier alpha value is -2.24. The molecule has 0 atom stereocenters. The number of ketones is 1. The molecule has 19 heavy (non-hydrogen) atoms. The fraction of sp³-hybridized carbons (Fsp3) is 0.385. The number of nitrogens with one attached hydrogen (secondary N) is 1. The minimum absolute atomic E-state index is 0.0926. The van der Waals surface area contributed by atoms with Gasteiger partial charge >= 0.3 is 0 Å². The molecule has 0 aliphatic heterocycles. The lowest BCUT2D eigenvalue weighted by atomic mass is 10.2. The van der Waals surface area contributed by atoms with Gasteiger partial charge in [0.1, 0.15) is 5.78 Å². The Morgan fingerprint density at radius 3 is 2.79 bits per heavy atom. The molecule has 6 nitrogen and oxygen atoms in total. The molecule has 0 fully saturated rings. The quantitative estimate of drug-likeness (QED) is 0.830. The Morgan fingerprint density at radius 1 is 1.37 bits per heavy atom. The number of hydrogen-bond donors (Lipinski definition) is 1. The Kier molecular flexibility index (Phi) is 3.59. The lowest BCUT2D eigenvalue weighted by Crippen LogP contribution is -2.24. The van der Waals surface area contributed by atoms with E-state index in [4.69, 9.17) is 0 Å². The summed E-state index contributed by atoms with van der Waals surface area (Å²) < 4.78 is 1.74. The van der Waals surface area contributed by atoms with E-state index in [-0.39, 0.29) is 18.1 Å². The third kappa shape index (κ3) is 2.96. The SMILES string of the molecule is CC(=O)CC(=O)NCc1cnn2c(C)cc(C)nc12. The average Bonchev–Trinajstić information content (AvgIpc) is 2.68. The summed E-state index contributed by atoms with van der Waals surface area (Å²) in [6, 6.07) is 1.94. The van der Waals surface area contributed by atoms with Crippen molar-refractivity contribution in [1.29, 1.82) is 0 Å². The van der Waals surface area contributed by atoms with E-state index < -0.39 is 0 Å². The Bertz CT molecular complexity index is 645. The molecule has 0 unspecified atom stereocenters. The summed E-state index contributed by atoms with van der Waals surface area (Å²) in [6.45, 7) is 5.58. The van der Waals surface area contributed by atoms with E-state index in [2.05, 4.69) is 15.4 Å². The van der Waals surface area contributed by atoms with Crippen LogP contribution in [0.25, 0.3) is 5.65 Å². The molecule has 0 aromatic carbocycles. The minimum Gasteiger partial charge on any atom is -0.351 e. The number of amides is 1. The van der Waals surface area contributed by atoms with Gasteiger partial charge in [-0.3, -0.25) is 9.59 Å². The molecule has 0 spiro atoms. The normalized spacial score (nSPS) is 10.7. The van der Waals surface area contributed by atoms with Crippen molar-refractivity contribution in [2.24, 2.45) is 0 Å². The number of fused-ring (bicyclic) bond motifs is 1. The van der Waals surface area contributed by atoms with Crippen LogP contribution in [0.3, 0.4) is 0 Å². The molecule has 6 heteroatoms. The topological polar surface area (TPSA) is 76.4 Å². The number of carbonyl (C=O) groups is 2. The van der Waals surface area contributed by atoms with E-state index in [1.807, 2.05) is 19.9 Å². The maximum Gasteiger partial charge on any atom is 0.227 e. The second kappa shape index (κ2) is 5.17. The summed E-state index contributed by atoms with van der Waals surface area (Å²) in [4.78, 5) is 26.7. The maximum absolute atomic E-state index is 11.4. The van der Waals surface area contributed by atoms with Crippen LogP contribution < -0.4 is 5.32 Å². The van der Waals surface area contributed by atoms with Crippen LogP contribution in [-0.4, -0.2) is 26.3 Å². The van der Waals surface area contributed by atoms with Crippen molar-refractivity contribution >= 4 is 17.3 Å². The number of aromatic nitrogens is 3. The molecule has 2 aromatic heterocycles. The number of rotatable bonds is 4. The second-order valence-corrected chi connectivity index (χ2v) is 4.60. The smallest absolute Gasteiger partial charge is 0.227 e. The summed E-state index contributed by atoms with van der Waals surface area (Å²) >= 11 is 0. The summed E-state index contributed by atoms with van der Waals surface area (Å²) in [5.41, 5.74) is 3.47. The molecule has 2 aromatic rings. The number of aryl methyl sites for hydroxylation is 2. The predicted molar refractivity (Wildman–Crippen MR) is 69.6 cm³/mol. The van der Waals surface area contributed by atoms with Crippen LogP contribution in [0, 0.1) is 13.8 Å². The molecule has 1 amide bonds. The first-order chi connectivity index (χ1) is 8.97. The summed E-state index contributed by atoms with van der Waals surface area (Å²) in [5.74, 6) is -0.432. The third-order valence-corrected chi connectivity index (χ3v) is 2.74. The third-order valence-electron chi connectivity index (χ3n) is 2.74. The van der Waals surface area contributed by atoms with E-state index in [0.29, 0.717) is 6.54 Å². The fourth-order valence-electron chi connectivity index (χ4n) is 1.92. The van der Waals surface area contributed by atoms with Gasteiger partial charge in [-0.05, 0) is 26.8 Å². The molecule has 0 bridgehead atoms. The molecule has 0 aliphatic rings. The number of Topliss-reactive ketones (excluding diaryl/α,β-unsaturated/α-hetero) is 1. The Morgan fingerprint density at radius 2 is 2.11 bits per heavy atom. The highest BCUT2D eigenvalue weighted by molar-refractivity contribution is 5.96. The van der Waals surface area contributed by atoms with E-state index in [1.54, 1.807) is 10.7 Å². The van der Waals surface area contributed by atoms with Gasteiger partial charge in [-0.2, -0.15) is 5.10 Å². The lowest BCUT2D eigenvalue weighted by molar-refractivity contribution is -0.127. The van der Waals surface area contributed by atoms with Crippen LogP contribution in [0.5, 0.6) is 0 Å². The molecule has 0 aliphatic carbocycles. The maximum atomic E-state index is 11.4. The molecular formula is C13H16N4O2. The highest BCUT2D eigenvalue weighted by Crippen LogP contribution is 2.11. The average molecular weight is 260 g/mol. The van der Waals surface area contributed by atoms with E-state index in [0.717, 1.165) is 22.6 Å². The molecular weight excluding hydrogens is 244 g/mol. The standard InChI is InChI=1S/C13H16N4O2/c1-8-4-9(2)17-13(16-8)11(7-15-17)6-14-12(19)5-10(3)18/h4,7H,5-6H2,1-3H3,(H,14,19). The van der Waals surface area contributed by atoms with E-state index in [1.165, 1.54) is 6.92 Å². The van der Waals surface area contributed by atoms with Crippen LogP contribution in [0.15, 0.2) is 12.3 Å². The zero-order valence-electron chi connectivity index (χ0n) is 11.2. The zero-order chi connectivity index (χ0) is 14.0. The summed E-state index contributed by atoms with van der Waals surface area (Å²) in [5, 5.41) is 6.93. The first kappa shape index (κ1) is 13.2. The Balaban J connectivity index is 2.18. The van der Waals surface area contributed by atoms with Crippen molar-refractivity contribution in [3.63, 3.8) is 0 Å². The zero-order valence-corrected chi connectivity index (χ0v) is 11.2. The van der Waals surface area contributed by atoms with Crippen molar-refractivity contribution in [3.05, 3.63) is 29.2 Å². The van der Waals surface area contributed by atoms with E-state index in [9.17, 15) is 9.59 Å². The largest absolute Gasteiger partial charge is 0.351 e. The van der Waals surface area contributed by atoms with Crippen LogP contribution in [-0.2, 0) is 16.1 Å². The molecule has 0 saturated carbocycles. The molecule has 0 saturated heterocycles. The van der Waals surface area contributed by atoms with Crippen LogP contribution in [0.2, 0.25) is 0 Å². The van der Waals surface area contributed by atoms with Crippen molar-refractivity contribution in [2.45, 2.75) is 33.7 Å². The van der Waals surface area contributed by atoms with Gasteiger partial charge in [0.15, 0.2) is 5.65 Å². The van der Waals surface area contributed by atoms with Gasteiger partial charge in [0, 0.05) is 23.5 Å². The highest BCUT2D eigenvalue weighted by Gasteiger charge is 2.10. The van der Waals surface area contributed by atoms with E-state index >= 15 is 0 Å². The monoisotopic (exact) mass is 260 g/mol. The van der Waals surface area contributed by atoms with Gasteiger partial charge in [0.05, 0.1) is 12.6 Å². The summed E-state index contributed by atoms with van der Waals surface area (Å²) in [7, 11) is 0. The number of nitrogens with zero attached hydrogens (tertiary/aromatic N) is 3.